The SMILES string of the molecule is Cc1nc(C)c2c3ccccc3c3ccccc3c2c1C. The number of nitrogens with zero attached hydrogens (tertiary/aromatic N) is 1. The monoisotopic (exact) mass is 271 g/mol. The summed E-state index contributed by atoms with van der Waals surface area (Å²) in [6.07, 6.45) is 0. The van der Waals surface area contributed by atoms with Crippen molar-refractivity contribution < 1.29 is 0 Å². The molecule has 1 heteroatoms. The summed E-state index contributed by atoms with van der Waals surface area (Å²) in [7, 11) is 0. The number of benzene rings is 3. The minimum atomic E-state index is 1.12. The van der Waals surface area contributed by atoms with Crippen LogP contribution in [-0.2, 0) is 0 Å². The zero-order chi connectivity index (χ0) is 14.6. The lowest BCUT2D eigenvalue weighted by molar-refractivity contribution is 1.12. The molecule has 0 spiro atoms. The van der Waals surface area contributed by atoms with E-state index in [9.17, 15) is 0 Å². The molecule has 1 aromatic heterocycles. The third kappa shape index (κ3) is 1.61. The third-order valence-corrected chi connectivity index (χ3v) is 4.55. The standard InChI is InChI=1S/C20H17N/c1-12-13(2)21-14(3)20-18-11-7-5-9-16(18)15-8-4-6-10-17(15)19(12)20/h4-11H,1-3H3. The summed E-state index contributed by atoms with van der Waals surface area (Å²) in [6, 6.07) is 17.4. The first kappa shape index (κ1) is 12.3. The highest BCUT2D eigenvalue weighted by Crippen LogP contribution is 2.38. The molecule has 0 aliphatic carbocycles. The Bertz CT molecular complexity index is 1010. The van der Waals surface area contributed by atoms with Crippen LogP contribution in [0.4, 0.5) is 0 Å². The first-order chi connectivity index (χ1) is 10.2. The number of fused-ring (bicyclic) bond motifs is 6. The fourth-order valence-electron chi connectivity index (χ4n) is 3.48. The molecule has 0 N–H and O–H groups in total. The molecular formula is C20H17N. The Labute approximate surface area is 124 Å². The molecule has 0 unspecified atom stereocenters. The van der Waals surface area contributed by atoms with E-state index in [0.29, 0.717) is 0 Å². The molecule has 21 heavy (non-hydrogen) atoms. The van der Waals surface area contributed by atoms with Gasteiger partial charge in [-0.2, -0.15) is 0 Å². The van der Waals surface area contributed by atoms with Crippen molar-refractivity contribution in [1.29, 1.82) is 0 Å². The second kappa shape index (κ2) is 4.29. The van der Waals surface area contributed by atoms with Crippen LogP contribution >= 0.6 is 0 Å². The van der Waals surface area contributed by atoms with E-state index in [2.05, 4.69) is 69.3 Å². The fraction of sp³-hybridized carbons (Fsp3) is 0.150. The predicted molar refractivity (Wildman–Crippen MR) is 91.0 cm³/mol. The summed E-state index contributed by atoms with van der Waals surface area (Å²) >= 11 is 0. The van der Waals surface area contributed by atoms with Gasteiger partial charge in [-0.3, -0.25) is 4.98 Å². The maximum atomic E-state index is 4.76. The Balaban J connectivity index is 2.49. The molecule has 102 valence electrons. The average molecular weight is 271 g/mol. The van der Waals surface area contributed by atoms with Crippen molar-refractivity contribution in [3.8, 4) is 0 Å². The molecule has 0 saturated heterocycles. The quantitative estimate of drug-likeness (QED) is 0.387. The fourth-order valence-corrected chi connectivity index (χ4v) is 3.48. The van der Waals surface area contributed by atoms with Crippen LogP contribution in [0.5, 0.6) is 0 Å². The molecule has 0 atom stereocenters. The number of rotatable bonds is 0. The Hall–Kier alpha value is -2.41. The normalized spacial score (nSPS) is 11.6. The largest absolute Gasteiger partial charge is 0.258 e. The maximum Gasteiger partial charge on any atom is 0.0460 e. The van der Waals surface area contributed by atoms with E-state index in [4.69, 9.17) is 4.98 Å². The van der Waals surface area contributed by atoms with E-state index in [1.54, 1.807) is 0 Å². The van der Waals surface area contributed by atoms with Gasteiger partial charge in [-0.25, -0.2) is 0 Å². The smallest absolute Gasteiger partial charge is 0.0460 e. The van der Waals surface area contributed by atoms with E-state index in [0.717, 1.165) is 11.4 Å². The van der Waals surface area contributed by atoms with Crippen molar-refractivity contribution in [2.45, 2.75) is 20.8 Å². The molecule has 4 aromatic rings. The van der Waals surface area contributed by atoms with Crippen LogP contribution in [0.3, 0.4) is 0 Å². The Morgan fingerprint density at radius 2 is 1.05 bits per heavy atom. The molecule has 4 rings (SSSR count). The topological polar surface area (TPSA) is 12.9 Å². The van der Waals surface area contributed by atoms with Gasteiger partial charge >= 0.3 is 0 Å². The molecule has 0 fully saturated rings. The summed E-state index contributed by atoms with van der Waals surface area (Å²) in [5, 5.41) is 7.93. The van der Waals surface area contributed by atoms with Gasteiger partial charge in [0.05, 0.1) is 0 Å². The third-order valence-electron chi connectivity index (χ3n) is 4.55. The Morgan fingerprint density at radius 1 is 0.571 bits per heavy atom. The van der Waals surface area contributed by atoms with E-state index < -0.39 is 0 Å². The summed E-state index contributed by atoms with van der Waals surface area (Å²) in [4.78, 5) is 4.76. The van der Waals surface area contributed by atoms with Gasteiger partial charge in [0.1, 0.15) is 0 Å². The van der Waals surface area contributed by atoms with Crippen molar-refractivity contribution in [2.24, 2.45) is 0 Å². The van der Waals surface area contributed by atoms with Gasteiger partial charge in [-0.05, 0) is 53.3 Å². The number of aryl methyl sites for hydroxylation is 3. The van der Waals surface area contributed by atoms with Gasteiger partial charge in [0, 0.05) is 16.8 Å². The summed E-state index contributed by atoms with van der Waals surface area (Å²) in [5.74, 6) is 0. The van der Waals surface area contributed by atoms with Crippen molar-refractivity contribution in [1.82, 2.24) is 4.98 Å². The van der Waals surface area contributed by atoms with E-state index >= 15 is 0 Å². The molecule has 0 amide bonds. The first-order valence-corrected chi connectivity index (χ1v) is 7.35. The van der Waals surface area contributed by atoms with Crippen LogP contribution in [0.2, 0.25) is 0 Å². The summed E-state index contributed by atoms with van der Waals surface area (Å²) < 4.78 is 0. The zero-order valence-electron chi connectivity index (χ0n) is 12.6. The number of hydrogen-bond donors (Lipinski definition) is 0. The van der Waals surface area contributed by atoms with Crippen molar-refractivity contribution in [2.75, 3.05) is 0 Å². The maximum absolute atomic E-state index is 4.76. The number of pyridine rings is 1. The first-order valence-electron chi connectivity index (χ1n) is 7.35. The van der Waals surface area contributed by atoms with Gasteiger partial charge < -0.3 is 0 Å². The minimum absolute atomic E-state index is 1.12. The molecule has 0 aliphatic heterocycles. The van der Waals surface area contributed by atoms with Crippen molar-refractivity contribution in [3.63, 3.8) is 0 Å². The van der Waals surface area contributed by atoms with E-state index in [1.807, 2.05) is 0 Å². The van der Waals surface area contributed by atoms with Crippen LogP contribution in [0.25, 0.3) is 32.3 Å². The van der Waals surface area contributed by atoms with Crippen LogP contribution in [0.15, 0.2) is 48.5 Å². The molecule has 3 aromatic carbocycles. The molecule has 1 heterocycles. The second-order valence-corrected chi connectivity index (χ2v) is 5.75. The van der Waals surface area contributed by atoms with E-state index in [-0.39, 0.29) is 0 Å². The molecule has 1 nitrogen and oxygen atoms in total. The van der Waals surface area contributed by atoms with Crippen LogP contribution in [0.1, 0.15) is 17.0 Å². The average Bonchev–Trinajstić information content (AvgIpc) is 2.51. The van der Waals surface area contributed by atoms with Gasteiger partial charge in [0.2, 0.25) is 0 Å². The Kier molecular flexibility index (Phi) is 2.52. The van der Waals surface area contributed by atoms with Crippen LogP contribution in [0, 0.1) is 20.8 Å². The molecule has 0 bridgehead atoms. The highest BCUT2D eigenvalue weighted by atomic mass is 14.7. The highest BCUT2D eigenvalue weighted by Gasteiger charge is 2.13. The second-order valence-electron chi connectivity index (χ2n) is 5.75. The van der Waals surface area contributed by atoms with Crippen LogP contribution in [-0.4, -0.2) is 4.98 Å². The molecular weight excluding hydrogens is 254 g/mol. The number of aromatic nitrogens is 1. The van der Waals surface area contributed by atoms with Crippen molar-refractivity contribution >= 4 is 32.3 Å². The van der Waals surface area contributed by atoms with Crippen molar-refractivity contribution in [3.05, 3.63) is 65.5 Å². The van der Waals surface area contributed by atoms with Gasteiger partial charge in [-0.15, -0.1) is 0 Å². The van der Waals surface area contributed by atoms with Crippen LogP contribution < -0.4 is 0 Å². The van der Waals surface area contributed by atoms with Gasteiger partial charge in [0.15, 0.2) is 0 Å². The lowest BCUT2D eigenvalue weighted by atomic mass is 9.91. The van der Waals surface area contributed by atoms with Gasteiger partial charge in [0.25, 0.3) is 0 Å². The molecule has 0 radical (unpaired) electrons. The summed E-state index contributed by atoms with van der Waals surface area (Å²) in [5.41, 5.74) is 3.54. The molecule has 0 saturated carbocycles. The molecule has 0 aliphatic rings. The minimum Gasteiger partial charge on any atom is -0.258 e. The summed E-state index contributed by atoms with van der Waals surface area (Å²) in [6.45, 7) is 6.41. The number of hydrogen-bond acceptors (Lipinski definition) is 1. The lowest BCUT2D eigenvalue weighted by Gasteiger charge is -2.15. The zero-order valence-corrected chi connectivity index (χ0v) is 12.6. The Morgan fingerprint density at radius 3 is 1.62 bits per heavy atom. The highest BCUT2D eigenvalue weighted by molar-refractivity contribution is 6.26. The van der Waals surface area contributed by atoms with Gasteiger partial charge in [-0.1, -0.05) is 48.5 Å². The predicted octanol–water partition coefficient (Wildman–Crippen LogP) is 5.47. The van der Waals surface area contributed by atoms with E-state index in [1.165, 1.54) is 37.9 Å². The lowest BCUT2D eigenvalue weighted by Crippen LogP contribution is -1.95.